The molecule has 0 saturated carbocycles. The Labute approximate surface area is 108 Å². The maximum absolute atomic E-state index is 11.1. The van der Waals surface area contributed by atoms with Gasteiger partial charge in [0, 0.05) is 0 Å². The largest absolute Gasteiger partial charge is 0.377 e. The van der Waals surface area contributed by atoms with Crippen molar-refractivity contribution in [3.63, 3.8) is 0 Å². The quantitative estimate of drug-likeness (QED) is 0.762. The summed E-state index contributed by atoms with van der Waals surface area (Å²) in [6, 6.07) is 6.50. The molecular formula is C12H18O5S. The molecule has 1 aromatic carbocycles. The Balaban J connectivity index is 0.000000225. The lowest BCUT2D eigenvalue weighted by Gasteiger charge is -2.09. The van der Waals surface area contributed by atoms with Crippen molar-refractivity contribution in [1.29, 1.82) is 0 Å². The molecule has 2 rings (SSSR count). The fourth-order valence-corrected chi connectivity index (χ4v) is 1.90. The predicted molar refractivity (Wildman–Crippen MR) is 67.0 cm³/mol. The maximum atomic E-state index is 11.1. The van der Waals surface area contributed by atoms with E-state index in [0.717, 1.165) is 39.1 Å². The van der Waals surface area contributed by atoms with E-state index >= 15 is 0 Å². The molecule has 6 heteroatoms. The first-order valence-electron chi connectivity index (χ1n) is 5.59. The van der Waals surface area contributed by atoms with Crippen LogP contribution < -0.4 is 0 Å². The molecule has 0 bridgehead atoms. The van der Waals surface area contributed by atoms with Crippen molar-refractivity contribution in [3.05, 3.63) is 29.8 Å². The number of hydrogen-bond donors (Lipinski definition) is 0. The van der Waals surface area contributed by atoms with Crippen LogP contribution in [0.2, 0.25) is 0 Å². The summed E-state index contributed by atoms with van der Waals surface area (Å²) in [4.78, 5) is 0.190. The van der Waals surface area contributed by atoms with E-state index in [1.54, 1.807) is 12.1 Å². The number of benzene rings is 1. The van der Waals surface area contributed by atoms with Crippen molar-refractivity contribution in [2.45, 2.75) is 11.8 Å². The molecular weight excluding hydrogens is 256 g/mol. The summed E-state index contributed by atoms with van der Waals surface area (Å²) >= 11 is 0. The van der Waals surface area contributed by atoms with Gasteiger partial charge in [-0.3, -0.25) is 4.18 Å². The minimum atomic E-state index is -3.51. The van der Waals surface area contributed by atoms with Crippen LogP contribution in [0.25, 0.3) is 0 Å². The zero-order valence-corrected chi connectivity index (χ0v) is 11.4. The smallest absolute Gasteiger partial charge is 0.296 e. The van der Waals surface area contributed by atoms with E-state index in [0.29, 0.717) is 0 Å². The van der Waals surface area contributed by atoms with Gasteiger partial charge in [-0.15, -0.1) is 0 Å². The average Bonchev–Trinajstić information content (AvgIpc) is 2.42. The van der Waals surface area contributed by atoms with Crippen LogP contribution in [0.15, 0.2) is 29.2 Å². The van der Waals surface area contributed by atoms with E-state index in [9.17, 15) is 8.42 Å². The topological polar surface area (TPSA) is 61.8 Å². The van der Waals surface area contributed by atoms with Crippen molar-refractivity contribution in [2.75, 3.05) is 33.5 Å². The van der Waals surface area contributed by atoms with Gasteiger partial charge in [0.2, 0.25) is 0 Å². The minimum absolute atomic E-state index is 0.190. The van der Waals surface area contributed by atoms with Crippen LogP contribution in [0.4, 0.5) is 0 Å². The van der Waals surface area contributed by atoms with E-state index in [1.165, 1.54) is 12.1 Å². The van der Waals surface area contributed by atoms with Crippen molar-refractivity contribution in [3.8, 4) is 0 Å². The molecule has 18 heavy (non-hydrogen) atoms. The van der Waals surface area contributed by atoms with E-state index < -0.39 is 10.1 Å². The highest BCUT2D eigenvalue weighted by molar-refractivity contribution is 7.86. The summed E-state index contributed by atoms with van der Waals surface area (Å²) < 4.78 is 36.4. The zero-order chi connectivity index (χ0) is 13.4. The molecule has 0 atom stereocenters. The van der Waals surface area contributed by atoms with Gasteiger partial charge in [0.25, 0.3) is 10.1 Å². The molecule has 1 aliphatic heterocycles. The van der Waals surface area contributed by atoms with Gasteiger partial charge in [-0.05, 0) is 19.1 Å². The summed E-state index contributed by atoms with van der Waals surface area (Å²) in [5.41, 5.74) is 1.02. The molecule has 5 nitrogen and oxygen atoms in total. The third-order valence-electron chi connectivity index (χ3n) is 2.27. The highest BCUT2D eigenvalue weighted by Crippen LogP contribution is 2.11. The van der Waals surface area contributed by atoms with Crippen LogP contribution in [0.3, 0.4) is 0 Å². The number of rotatable bonds is 2. The van der Waals surface area contributed by atoms with Gasteiger partial charge in [-0.1, -0.05) is 17.7 Å². The Morgan fingerprint density at radius 1 is 1.00 bits per heavy atom. The Morgan fingerprint density at radius 3 is 1.78 bits per heavy atom. The van der Waals surface area contributed by atoms with Gasteiger partial charge in [0.15, 0.2) is 0 Å². The normalized spacial score (nSPS) is 15.7. The minimum Gasteiger partial charge on any atom is -0.377 e. The SMILES string of the molecule is C1COCCO1.COS(=O)(=O)c1ccc(C)cc1. The van der Waals surface area contributed by atoms with Crippen molar-refractivity contribution < 1.29 is 22.1 Å². The third-order valence-corrected chi connectivity index (χ3v) is 3.56. The van der Waals surface area contributed by atoms with Crippen LogP contribution >= 0.6 is 0 Å². The molecule has 0 radical (unpaired) electrons. The molecule has 1 fully saturated rings. The van der Waals surface area contributed by atoms with Gasteiger partial charge in [0.1, 0.15) is 0 Å². The molecule has 1 aliphatic rings. The van der Waals surface area contributed by atoms with E-state index in [-0.39, 0.29) is 4.90 Å². The lowest BCUT2D eigenvalue weighted by Crippen LogP contribution is -2.16. The standard InChI is InChI=1S/C8H10O3S.C4H8O2/c1-7-3-5-8(6-4-7)12(9,10)11-2;1-2-6-4-3-5-1/h3-6H,1-2H3;1-4H2. The lowest BCUT2D eigenvalue weighted by atomic mass is 10.2. The van der Waals surface area contributed by atoms with E-state index in [4.69, 9.17) is 9.47 Å². The predicted octanol–water partition coefficient (Wildman–Crippen LogP) is 1.36. The fraction of sp³-hybridized carbons (Fsp3) is 0.500. The summed E-state index contributed by atoms with van der Waals surface area (Å²) in [7, 11) is -2.37. The monoisotopic (exact) mass is 274 g/mol. The second kappa shape index (κ2) is 7.48. The van der Waals surface area contributed by atoms with Crippen LogP contribution in [-0.4, -0.2) is 42.0 Å². The van der Waals surface area contributed by atoms with Crippen LogP contribution in [0.5, 0.6) is 0 Å². The van der Waals surface area contributed by atoms with Crippen LogP contribution in [-0.2, 0) is 23.8 Å². The summed E-state index contributed by atoms with van der Waals surface area (Å²) in [5, 5.41) is 0. The van der Waals surface area contributed by atoms with Crippen molar-refractivity contribution >= 4 is 10.1 Å². The Morgan fingerprint density at radius 2 is 1.44 bits per heavy atom. The Bertz CT molecular complexity index is 423. The molecule has 1 heterocycles. The summed E-state index contributed by atoms with van der Waals surface area (Å²) in [6.07, 6.45) is 0. The molecule has 1 aromatic rings. The van der Waals surface area contributed by atoms with Gasteiger partial charge < -0.3 is 9.47 Å². The average molecular weight is 274 g/mol. The molecule has 0 aliphatic carbocycles. The first-order valence-corrected chi connectivity index (χ1v) is 7.00. The molecule has 0 amide bonds. The summed E-state index contributed by atoms with van der Waals surface area (Å²) in [6.45, 7) is 5.00. The van der Waals surface area contributed by atoms with Gasteiger partial charge in [-0.25, -0.2) is 0 Å². The Kier molecular flexibility index (Phi) is 6.28. The second-order valence-corrected chi connectivity index (χ2v) is 5.37. The highest BCUT2D eigenvalue weighted by Gasteiger charge is 2.10. The van der Waals surface area contributed by atoms with Crippen molar-refractivity contribution in [2.24, 2.45) is 0 Å². The highest BCUT2D eigenvalue weighted by atomic mass is 32.2. The molecule has 1 saturated heterocycles. The Hall–Kier alpha value is -0.950. The van der Waals surface area contributed by atoms with Gasteiger partial charge in [0.05, 0.1) is 38.4 Å². The lowest BCUT2D eigenvalue weighted by molar-refractivity contribution is -0.0334. The molecule has 0 unspecified atom stereocenters. The molecule has 102 valence electrons. The van der Waals surface area contributed by atoms with Crippen LogP contribution in [0, 0.1) is 6.92 Å². The maximum Gasteiger partial charge on any atom is 0.296 e. The molecule has 0 spiro atoms. The number of hydrogen-bond acceptors (Lipinski definition) is 5. The number of ether oxygens (including phenoxy) is 2. The van der Waals surface area contributed by atoms with Gasteiger partial charge in [-0.2, -0.15) is 8.42 Å². The number of aryl methyl sites for hydroxylation is 1. The van der Waals surface area contributed by atoms with Crippen molar-refractivity contribution in [1.82, 2.24) is 0 Å². The van der Waals surface area contributed by atoms with Crippen LogP contribution in [0.1, 0.15) is 5.56 Å². The molecule has 0 N–H and O–H groups in total. The second-order valence-electron chi connectivity index (χ2n) is 3.66. The molecule has 0 aromatic heterocycles. The third kappa shape index (κ3) is 5.14. The fourth-order valence-electron chi connectivity index (χ4n) is 1.24. The summed E-state index contributed by atoms with van der Waals surface area (Å²) in [5.74, 6) is 0. The first-order chi connectivity index (χ1) is 8.56. The van der Waals surface area contributed by atoms with E-state index in [1.807, 2.05) is 6.92 Å². The zero-order valence-electron chi connectivity index (χ0n) is 10.6. The van der Waals surface area contributed by atoms with E-state index in [2.05, 4.69) is 4.18 Å². The van der Waals surface area contributed by atoms with Gasteiger partial charge >= 0.3 is 0 Å². The first kappa shape index (κ1) is 15.1.